The molecule has 6 aromatic carbocycles. The fourth-order valence-electron chi connectivity index (χ4n) is 6.52. The molecule has 0 amide bonds. The molecule has 0 radical (unpaired) electrons. The second-order valence-electron chi connectivity index (χ2n) is 10.5. The van der Waals surface area contributed by atoms with Gasteiger partial charge in [-0.1, -0.05) is 91.0 Å². The van der Waals surface area contributed by atoms with Gasteiger partial charge in [0.2, 0.25) is 0 Å². The Morgan fingerprint density at radius 3 is 2.12 bits per heavy atom. The van der Waals surface area contributed by atoms with Crippen molar-refractivity contribution in [1.82, 2.24) is 14.3 Å². The second kappa shape index (κ2) is 8.44. The van der Waals surface area contributed by atoms with Gasteiger partial charge in [0.15, 0.2) is 5.82 Å². The molecular formula is C37H24N4. The van der Waals surface area contributed by atoms with Crippen LogP contribution < -0.4 is 4.90 Å². The van der Waals surface area contributed by atoms with E-state index in [0.717, 1.165) is 39.1 Å². The van der Waals surface area contributed by atoms with Crippen molar-refractivity contribution >= 4 is 61.1 Å². The van der Waals surface area contributed by atoms with E-state index in [1.165, 1.54) is 32.8 Å². The summed E-state index contributed by atoms with van der Waals surface area (Å²) in [6.45, 7) is 0. The van der Waals surface area contributed by atoms with Crippen molar-refractivity contribution in [2.24, 2.45) is 0 Å². The molecule has 0 saturated carbocycles. The smallest absolute Gasteiger partial charge is 0.160 e. The van der Waals surface area contributed by atoms with Crippen LogP contribution in [-0.2, 0) is 0 Å². The number of rotatable bonds is 3. The Labute approximate surface area is 236 Å². The third-order valence-electron chi connectivity index (χ3n) is 8.24. The van der Waals surface area contributed by atoms with Crippen LogP contribution in [0.4, 0.5) is 11.4 Å². The van der Waals surface area contributed by atoms with Crippen molar-refractivity contribution in [2.45, 2.75) is 0 Å². The van der Waals surface area contributed by atoms with E-state index in [9.17, 15) is 0 Å². The summed E-state index contributed by atoms with van der Waals surface area (Å²) in [5.74, 6) is 0.919. The standard InChI is InChI=1S/C37H24N4/c1-3-12-25(13-4-1)37-38-30-18-8-10-20-32(30)41(37)40-31-19-9-7-17-28(31)36-29-22-23-39(27-15-5-2-6-16-27)33-21-11-14-26(35(29)33)24-34(36)40/h1-24H. The molecule has 41 heavy (non-hydrogen) atoms. The molecule has 8 aromatic rings. The first kappa shape index (κ1) is 22.2. The molecule has 3 heterocycles. The Morgan fingerprint density at radius 1 is 0.537 bits per heavy atom. The Morgan fingerprint density at radius 2 is 1.27 bits per heavy atom. The van der Waals surface area contributed by atoms with Crippen LogP contribution in [0, 0.1) is 0 Å². The summed E-state index contributed by atoms with van der Waals surface area (Å²) in [6.07, 6.45) is 4.49. The number of hydrogen-bond acceptors (Lipinski definition) is 2. The molecule has 1 aliphatic rings. The van der Waals surface area contributed by atoms with Crippen LogP contribution in [0.1, 0.15) is 5.56 Å². The molecule has 192 valence electrons. The van der Waals surface area contributed by atoms with Gasteiger partial charge in [-0.2, -0.15) is 0 Å². The highest BCUT2D eigenvalue weighted by Gasteiger charge is 2.24. The van der Waals surface area contributed by atoms with Gasteiger partial charge in [-0.05, 0) is 59.5 Å². The van der Waals surface area contributed by atoms with E-state index in [0.29, 0.717) is 0 Å². The number of hydrogen-bond donors (Lipinski definition) is 0. The third-order valence-corrected chi connectivity index (χ3v) is 8.24. The van der Waals surface area contributed by atoms with E-state index < -0.39 is 0 Å². The van der Waals surface area contributed by atoms with E-state index in [1.807, 2.05) is 0 Å². The first-order chi connectivity index (χ1) is 20.4. The van der Waals surface area contributed by atoms with E-state index in [2.05, 4.69) is 160 Å². The zero-order chi connectivity index (χ0) is 26.9. The lowest BCUT2D eigenvalue weighted by Gasteiger charge is -2.27. The predicted molar refractivity (Wildman–Crippen MR) is 171 cm³/mol. The van der Waals surface area contributed by atoms with Crippen molar-refractivity contribution in [1.29, 1.82) is 0 Å². The van der Waals surface area contributed by atoms with E-state index >= 15 is 0 Å². The molecule has 4 heteroatoms. The van der Waals surface area contributed by atoms with Gasteiger partial charge >= 0.3 is 0 Å². The second-order valence-corrected chi connectivity index (χ2v) is 10.5. The lowest BCUT2D eigenvalue weighted by Crippen LogP contribution is -2.12. The number of anilines is 2. The molecule has 0 unspecified atom stereocenters. The molecule has 0 atom stereocenters. The quantitative estimate of drug-likeness (QED) is 0.230. The van der Waals surface area contributed by atoms with Crippen LogP contribution in [-0.4, -0.2) is 14.3 Å². The molecule has 0 saturated heterocycles. The molecule has 0 spiro atoms. The Hall–Kier alpha value is -5.61. The van der Waals surface area contributed by atoms with E-state index in [4.69, 9.17) is 4.98 Å². The van der Waals surface area contributed by atoms with Gasteiger partial charge in [0, 0.05) is 33.6 Å². The molecule has 0 aliphatic carbocycles. The normalized spacial score (nSPS) is 12.7. The molecule has 1 aliphatic heterocycles. The maximum Gasteiger partial charge on any atom is 0.160 e. The van der Waals surface area contributed by atoms with Crippen LogP contribution in [0.2, 0.25) is 0 Å². The number of benzene rings is 6. The van der Waals surface area contributed by atoms with Crippen molar-refractivity contribution in [3.63, 3.8) is 0 Å². The highest BCUT2D eigenvalue weighted by Crippen LogP contribution is 2.45. The van der Waals surface area contributed by atoms with Crippen molar-refractivity contribution < 1.29 is 0 Å². The topological polar surface area (TPSA) is 26.0 Å². The number of imidazole rings is 1. The zero-order valence-corrected chi connectivity index (χ0v) is 22.1. The van der Waals surface area contributed by atoms with Crippen LogP contribution in [0.3, 0.4) is 0 Å². The van der Waals surface area contributed by atoms with Gasteiger partial charge in [0.25, 0.3) is 0 Å². The van der Waals surface area contributed by atoms with Crippen molar-refractivity contribution in [3.8, 4) is 11.4 Å². The largest absolute Gasteiger partial charge is 0.317 e. The van der Waals surface area contributed by atoms with Gasteiger partial charge in [0.05, 0.1) is 27.8 Å². The average molecular weight is 525 g/mol. The third kappa shape index (κ3) is 3.13. The summed E-state index contributed by atoms with van der Waals surface area (Å²) in [7, 11) is 0. The van der Waals surface area contributed by atoms with Gasteiger partial charge in [-0.15, -0.1) is 0 Å². The summed E-state index contributed by atoms with van der Waals surface area (Å²) < 4.78 is 4.66. The summed E-state index contributed by atoms with van der Waals surface area (Å²) in [6, 6.07) is 47.2. The maximum absolute atomic E-state index is 5.15. The number of para-hydroxylation sites is 4. The molecule has 2 aromatic heterocycles. The van der Waals surface area contributed by atoms with Crippen molar-refractivity contribution in [2.75, 3.05) is 4.90 Å². The summed E-state index contributed by atoms with van der Waals surface area (Å²) in [4.78, 5) is 7.44. The zero-order valence-electron chi connectivity index (χ0n) is 22.1. The summed E-state index contributed by atoms with van der Waals surface area (Å²) in [5, 5.41) is 4.96. The van der Waals surface area contributed by atoms with Crippen LogP contribution in [0.25, 0.3) is 61.1 Å². The molecule has 0 N–H and O–H groups in total. The van der Waals surface area contributed by atoms with Gasteiger partial charge in [0.1, 0.15) is 0 Å². The van der Waals surface area contributed by atoms with Crippen LogP contribution in [0.15, 0.2) is 140 Å². The SMILES string of the molecule is C1=CN(c2ccccc2)c2cccc3cc4c(c1c23)c1ccccc1n4-n1c(-c2ccccc2)nc2ccccc21. The first-order valence-corrected chi connectivity index (χ1v) is 13.9. The summed E-state index contributed by atoms with van der Waals surface area (Å²) in [5.41, 5.74) is 9.03. The Balaban J connectivity index is 1.43. The number of aromatic nitrogens is 3. The molecular weight excluding hydrogens is 500 g/mol. The van der Waals surface area contributed by atoms with Gasteiger partial charge < -0.3 is 4.90 Å². The highest BCUT2D eigenvalue weighted by atomic mass is 15.5. The lowest BCUT2D eigenvalue weighted by atomic mass is 9.94. The van der Waals surface area contributed by atoms with E-state index in [-0.39, 0.29) is 0 Å². The predicted octanol–water partition coefficient (Wildman–Crippen LogP) is 9.40. The molecule has 0 fully saturated rings. The van der Waals surface area contributed by atoms with Crippen LogP contribution in [0.5, 0.6) is 0 Å². The molecule has 4 nitrogen and oxygen atoms in total. The fraction of sp³-hybridized carbons (Fsp3) is 0. The molecule has 0 bridgehead atoms. The van der Waals surface area contributed by atoms with Crippen molar-refractivity contribution in [3.05, 3.63) is 145 Å². The lowest BCUT2D eigenvalue weighted by molar-refractivity contribution is 0.746. The Kier molecular flexibility index (Phi) is 4.58. The average Bonchev–Trinajstić information content (AvgIpc) is 3.57. The Bertz CT molecular complexity index is 2310. The minimum atomic E-state index is 0.919. The van der Waals surface area contributed by atoms with E-state index in [1.54, 1.807) is 0 Å². The monoisotopic (exact) mass is 524 g/mol. The minimum Gasteiger partial charge on any atom is -0.317 e. The maximum atomic E-state index is 5.15. The minimum absolute atomic E-state index is 0.919. The van der Waals surface area contributed by atoms with Crippen LogP contribution >= 0.6 is 0 Å². The number of fused-ring (bicyclic) bond motifs is 5. The molecule has 9 rings (SSSR count). The first-order valence-electron chi connectivity index (χ1n) is 13.9. The van der Waals surface area contributed by atoms with Gasteiger partial charge in [-0.3, -0.25) is 0 Å². The number of nitrogens with zero attached hydrogens (tertiary/aromatic N) is 4. The van der Waals surface area contributed by atoms with Gasteiger partial charge in [-0.25, -0.2) is 14.3 Å². The summed E-state index contributed by atoms with van der Waals surface area (Å²) >= 11 is 0. The fourth-order valence-corrected chi connectivity index (χ4v) is 6.52. The highest BCUT2D eigenvalue weighted by molar-refractivity contribution is 6.21.